The third-order valence-electron chi connectivity index (χ3n) is 4.17. The number of halogens is 3. The van der Waals surface area contributed by atoms with Gasteiger partial charge in [0.2, 0.25) is 15.9 Å². The molecule has 3 aromatic carbocycles. The van der Waals surface area contributed by atoms with Crippen LogP contribution in [0.1, 0.15) is 5.56 Å². The number of hydrogen-bond donors (Lipinski definition) is 1. The van der Waals surface area contributed by atoms with Gasteiger partial charge in [0.15, 0.2) is 0 Å². The van der Waals surface area contributed by atoms with Crippen molar-refractivity contribution in [2.45, 2.75) is 11.4 Å². The number of sulfonamides is 1. The molecule has 30 heavy (non-hydrogen) atoms. The maximum atomic E-state index is 13.2. The van der Waals surface area contributed by atoms with Gasteiger partial charge in [-0.05, 0) is 66.2 Å². The van der Waals surface area contributed by atoms with Crippen LogP contribution < -0.4 is 5.32 Å². The van der Waals surface area contributed by atoms with Crippen molar-refractivity contribution in [3.05, 3.63) is 92.3 Å². The number of nitrogens with zero attached hydrogens (tertiary/aromatic N) is 1. The van der Waals surface area contributed by atoms with Crippen LogP contribution in [0.4, 0.5) is 5.69 Å². The van der Waals surface area contributed by atoms with Gasteiger partial charge in [-0.1, -0.05) is 55.6 Å². The van der Waals surface area contributed by atoms with Crippen molar-refractivity contribution in [1.82, 2.24) is 4.31 Å². The Balaban J connectivity index is 1.86. The lowest BCUT2D eigenvalue weighted by Crippen LogP contribution is -2.37. The van der Waals surface area contributed by atoms with Gasteiger partial charge in [-0.3, -0.25) is 4.79 Å². The number of carbonyl (C=O) groups excluding carboxylic acids is 1. The number of rotatable bonds is 7. The van der Waals surface area contributed by atoms with E-state index in [4.69, 9.17) is 11.6 Å². The lowest BCUT2D eigenvalue weighted by atomic mass is 10.2. The second-order valence-corrected chi connectivity index (χ2v) is 10.6. The van der Waals surface area contributed by atoms with E-state index in [0.717, 1.165) is 18.8 Å². The number of amides is 1. The minimum absolute atomic E-state index is 0.0311. The number of hydrogen-bond acceptors (Lipinski definition) is 3. The number of benzene rings is 3. The maximum absolute atomic E-state index is 13.2. The molecule has 0 saturated heterocycles. The predicted molar refractivity (Wildman–Crippen MR) is 126 cm³/mol. The fourth-order valence-corrected chi connectivity index (χ4v) is 4.71. The third-order valence-corrected chi connectivity index (χ3v) is 7.29. The number of nitrogens with one attached hydrogen (secondary N) is 1. The highest BCUT2D eigenvalue weighted by Gasteiger charge is 2.27. The second-order valence-electron chi connectivity index (χ2n) is 6.41. The first-order valence-electron chi connectivity index (χ1n) is 8.79. The summed E-state index contributed by atoms with van der Waals surface area (Å²) in [6.07, 6.45) is 0. The van der Waals surface area contributed by atoms with E-state index >= 15 is 0 Å². The van der Waals surface area contributed by atoms with Crippen molar-refractivity contribution in [3.8, 4) is 0 Å². The monoisotopic (exact) mass is 570 g/mol. The van der Waals surface area contributed by atoms with Gasteiger partial charge in [0.25, 0.3) is 0 Å². The standard InChI is InChI=1S/C21H17Br2ClN2O3S/c22-16-3-9-19(10-4-16)25-21(27)14-26(13-15-1-7-18(24)8-2-15)30(28,29)20-11-5-17(23)6-12-20/h1-12H,13-14H2,(H,25,27). The molecule has 1 N–H and O–H groups in total. The summed E-state index contributed by atoms with van der Waals surface area (Å²) in [5.41, 5.74) is 1.30. The first kappa shape index (κ1) is 23.0. The SMILES string of the molecule is O=C(CN(Cc1ccc(Cl)cc1)S(=O)(=O)c1ccc(Br)cc1)Nc1ccc(Br)cc1. The molecule has 0 aromatic heterocycles. The van der Waals surface area contributed by atoms with E-state index < -0.39 is 15.9 Å². The minimum atomic E-state index is -3.91. The van der Waals surface area contributed by atoms with E-state index in [9.17, 15) is 13.2 Å². The molecule has 0 fully saturated rings. The highest BCUT2D eigenvalue weighted by atomic mass is 79.9. The Kier molecular flexibility index (Phi) is 7.70. The molecule has 0 unspecified atom stereocenters. The van der Waals surface area contributed by atoms with Crippen LogP contribution in [0.15, 0.2) is 86.6 Å². The van der Waals surface area contributed by atoms with Crippen LogP contribution in [0.25, 0.3) is 0 Å². The summed E-state index contributed by atoms with van der Waals surface area (Å²) in [6, 6.07) is 20.2. The summed E-state index contributed by atoms with van der Waals surface area (Å²) in [6.45, 7) is -0.305. The summed E-state index contributed by atoms with van der Waals surface area (Å²) in [4.78, 5) is 12.7. The molecule has 0 atom stereocenters. The molecule has 0 spiro atoms. The molecule has 0 radical (unpaired) electrons. The molecular formula is C21H17Br2ClN2O3S. The molecule has 0 bridgehead atoms. The van der Waals surface area contributed by atoms with Crippen LogP contribution in [-0.4, -0.2) is 25.2 Å². The Morgan fingerprint density at radius 2 is 1.40 bits per heavy atom. The van der Waals surface area contributed by atoms with Crippen LogP contribution >= 0.6 is 43.5 Å². The quantitative estimate of drug-likeness (QED) is 0.395. The highest BCUT2D eigenvalue weighted by molar-refractivity contribution is 9.10. The number of anilines is 1. The molecular weight excluding hydrogens is 556 g/mol. The topological polar surface area (TPSA) is 66.5 Å². The highest BCUT2D eigenvalue weighted by Crippen LogP contribution is 2.22. The Morgan fingerprint density at radius 1 is 0.867 bits per heavy atom. The van der Waals surface area contributed by atoms with Gasteiger partial charge >= 0.3 is 0 Å². The van der Waals surface area contributed by atoms with Crippen molar-refractivity contribution in [2.24, 2.45) is 0 Å². The molecule has 0 aliphatic heterocycles. The van der Waals surface area contributed by atoms with E-state index in [-0.39, 0.29) is 18.0 Å². The molecule has 0 heterocycles. The van der Waals surface area contributed by atoms with Crippen molar-refractivity contribution in [1.29, 1.82) is 0 Å². The van der Waals surface area contributed by atoms with Gasteiger partial charge in [-0.2, -0.15) is 4.31 Å². The molecule has 0 saturated carbocycles. The van der Waals surface area contributed by atoms with Gasteiger partial charge in [0.1, 0.15) is 0 Å². The summed E-state index contributed by atoms with van der Waals surface area (Å²) in [5.74, 6) is -0.438. The largest absolute Gasteiger partial charge is 0.325 e. The van der Waals surface area contributed by atoms with Crippen LogP contribution in [0.5, 0.6) is 0 Å². The van der Waals surface area contributed by atoms with Crippen LogP contribution in [-0.2, 0) is 21.4 Å². The maximum Gasteiger partial charge on any atom is 0.243 e. The van der Waals surface area contributed by atoms with E-state index in [2.05, 4.69) is 37.2 Å². The molecule has 9 heteroatoms. The van der Waals surface area contributed by atoms with Crippen molar-refractivity contribution < 1.29 is 13.2 Å². The fraction of sp³-hybridized carbons (Fsp3) is 0.0952. The molecule has 5 nitrogen and oxygen atoms in total. The van der Waals surface area contributed by atoms with Gasteiger partial charge in [0.05, 0.1) is 11.4 Å². The summed E-state index contributed by atoms with van der Waals surface area (Å²) >= 11 is 12.6. The zero-order valence-electron chi connectivity index (χ0n) is 15.6. The average Bonchev–Trinajstić information content (AvgIpc) is 2.71. The smallest absolute Gasteiger partial charge is 0.243 e. The van der Waals surface area contributed by atoms with Crippen LogP contribution in [0.2, 0.25) is 5.02 Å². The molecule has 1 amide bonds. The molecule has 3 aromatic rings. The minimum Gasteiger partial charge on any atom is -0.325 e. The number of carbonyl (C=O) groups is 1. The molecule has 156 valence electrons. The third kappa shape index (κ3) is 6.15. The molecule has 0 aliphatic rings. The Hall–Kier alpha value is -1.71. The van der Waals surface area contributed by atoms with E-state index in [1.54, 1.807) is 60.7 Å². The van der Waals surface area contributed by atoms with Crippen molar-refractivity contribution >= 4 is 65.1 Å². The summed E-state index contributed by atoms with van der Waals surface area (Å²) in [7, 11) is -3.91. The Morgan fingerprint density at radius 3 is 1.97 bits per heavy atom. The average molecular weight is 573 g/mol. The lowest BCUT2D eigenvalue weighted by Gasteiger charge is -2.22. The summed E-state index contributed by atoms with van der Waals surface area (Å²) < 4.78 is 29.3. The fourth-order valence-electron chi connectivity index (χ4n) is 2.67. The van der Waals surface area contributed by atoms with E-state index in [0.29, 0.717) is 10.7 Å². The Bertz CT molecular complexity index is 1120. The second kappa shape index (κ2) is 10.1. The van der Waals surface area contributed by atoms with Gasteiger partial charge in [-0.25, -0.2) is 8.42 Å². The van der Waals surface area contributed by atoms with Crippen LogP contribution in [0, 0.1) is 0 Å². The zero-order chi connectivity index (χ0) is 21.7. The van der Waals surface area contributed by atoms with E-state index in [1.807, 2.05) is 0 Å². The first-order chi connectivity index (χ1) is 14.2. The van der Waals surface area contributed by atoms with Gasteiger partial charge in [0, 0.05) is 26.2 Å². The van der Waals surface area contributed by atoms with Gasteiger partial charge in [-0.15, -0.1) is 0 Å². The lowest BCUT2D eigenvalue weighted by molar-refractivity contribution is -0.116. The predicted octanol–water partition coefficient (Wildman–Crippen LogP) is 5.69. The van der Waals surface area contributed by atoms with Crippen molar-refractivity contribution in [2.75, 3.05) is 11.9 Å². The molecule has 0 aliphatic carbocycles. The van der Waals surface area contributed by atoms with Crippen molar-refractivity contribution in [3.63, 3.8) is 0 Å². The summed E-state index contributed by atoms with van der Waals surface area (Å²) in [5, 5.41) is 3.28. The van der Waals surface area contributed by atoms with Gasteiger partial charge < -0.3 is 5.32 Å². The normalized spacial score (nSPS) is 11.5. The van der Waals surface area contributed by atoms with Crippen LogP contribution in [0.3, 0.4) is 0 Å². The Labute approximate surface area is 197 Å². The first-order valence-corrected chi connectivity index (χ1v) is 12.2. The molecule has 3 rings (SSSR count). The zero-order valence-corrected chi connectivity index (χ0v) is 20.3. The van der Waals surface area contributed by atoms with E-state index in [1.165, 1.54) is 12.1 Å².